The number of amides is 1. The van der Waals surface area contributed by atoms with Gasteiger partial charge in [0.25, 0.3) is 5.91 Å². The third-order valence-corrected chi connectivity index (χ3v) is 5.65. The molecule has 1 amide bonds. The van der Waals surface area contributed by atoms with E-state index in [4.69, 9.17) is 4.98 Å². The van der Waals surface area contributed by atoms with Crippen LogP contribution in [-0.2, 0) is 4.79 Å². The molecule has 1 saturated heterocycles. The highest BCUT2D eigenvalue weighted by Gasteiger charge is 2.45. The van der Waals surface area contributed by atoms with Gasteiger partial charge in [0.05, 0.1) is 0 Å². The summed E-state index contributed by atoms with van der Waals surface area (Å²) in [4.78, 5) is 19.1. The molecule has 3 saturated carbocycles. The molecule has 2 heterocycles. The van der Waals surface area contributed by atoms with Gasteiger partial charge in [0.15, 0.2) is 5.82 Å². The quantitative estimate of drug-likeness (QED) is 0.869. The van der Waals surface area contributed by atoms with E-state index in [1.54, 1.807) is 0 Å². The Bertz CT molecular complexity index is 687. The maximum absolute atomic E-state index is 12.4. The first kappa shape index (κ1) is 13.6. The van der Waals surface area contributed by atoms with Crippen molar-refractivity contribution in [2.24, 2.45) is 17.8 Å². The first-order chi connectivity index (χ1) is 11.3. The highest BCUT2D eigenvalue weighted by Crippen LogP contribution is 2.47. The van der Waals surface area contributed by atoms with Crippen LogP contribution in [-0.4, -0.2) is 39.1 Å². The summed E-state index contributed by atoms with van der Waals surface area (Å²) in [6.07, 6.45) is 7.34. The van der Waals surface area contributed by atoms with Gasteiger partial charge in [-0.3, -0.25) is 9.89 Å². The van der Waals surface area contributed by atoms with Gasteiger partial charge in [-0.25, -0.2) is 4.98 Å². The smallest absolute Gasteiger partial charge is 0.298 e. The van der Waals surface area contributed by atoms with Crippen LogP contribution in [0.2, 0.25) is 0 Å². The van der Waals surface area contributed by atoms with Crippen LogP contribution in [0.4, 0.5) is 0 Å². The molecule has 5 rings (SSSR count). The molecule has 3 aliphatic carbocycles. The molecule has 0 bridgehead atoms. The van der Waals surface area contributed by atoms with Crippen LogP contribution in [0.3, 0.4) is 0 Å². The maximum Gasteiger partial charge on any atom is 0.298 e. The van der Waals surface area contributed by atoms with Crippen LogP contribution in [0.15, 0.2) is 0 Å². The number of aromatic nitrogens is 3. The molecule has 5 nitrogen and oxygen atoms in total. The van der Waals surface area contributed by atoms with Crippen LogP contribution >= 0.6 is 0 Å². The van der Waals surface area contributed by atoms with Crippen molar-refractivity contribution in [1.29, 1.82) is 0 Å². The maximum atomic E-state index is 12.4. The summed E-state index contributed by atoms with van der Waals surface area (Å²) in [5.74, 6) is 10.6. The van der Waals surface area contributed by atoms with Crippen molar-refractivity contribution in [1.82, 2.24) is 20.1 Å². The van der Waals surface area contributed by atoms with Crippen LogP contribution in [0.5, 0.6) is 0 Å². The third kappa shape index (κ3) is 2.75. The number of likely N-dealkylation sites (tertiary alicyclic amines) is 1. The zero-order valence-corrected chi connectivity index (χ0v) is 13.3. The van der Waals surface area contributed by atoms with Gasteiger partial charge in [-0.1, -0.05) is 5.92 Å². The van der Waals surface area contributed by atoms with E-state index in [-0.39, 0.29) is 5.91 Å². The molecular weight excluding hydrogens is 288 g/mol. The summed E-state index contributed by atoms with van der Waals surface area (Å²) in [7, 11) is 0. The van der Waals surface area contributed by atoms with E-state index in [0.717, 1.165) is 43.5 Å². The van der Waals surface area contributed by atoms with Crippen molar-refractivity contribution in [2.75, 3.05) is 13.1 Å². The van der Waals surface area contributed by atoms with E-state index < -0.39 is 0 Å². The summed E-state index contributed by atoms with van der Waals surface area (Å²) in [5.41, 5.74) is 0. The predicted octanol–water partition coefficient (Wildman–Crippen LogP) is 2.05. The van der Waals surface area contributed by atoms with E-state index in [1.807, 2.05) is 4.90 Å². The number of hydrogen-bond donors (Lipinski definition) is 1. The van der Waals surface area contributed by atoms with Crippen molar-refractivity contribution in [3.63, 3.8) is 0 Å². The third-order valence-electron chi connectivity index (χ3n) is 5.65. The lowest BCUT2D eigenvalue weighted by Gasteiger charge is -2.14. The van der Waals surface area contributed by atoms with Crippen molar-refractivity contribution in [2.45, 2.75) is 50.4 Å². The van der Waals surface area contributed by atoms with Gasteiger partial charge in [-0.05, 0) is 56.3 Å². The molecular formula is C18H22N4O. The molecule has 4 fully saturated rings. The molecule has 5 heteroatoms. The Morgan fingerprint density at radius 1 is 1.13 bits per heavy atom. The minimum absolute atomic E-state index is 0.00646. The lowest BCUT2D eigenvalue weighted by Crippen LogP contribution is -2.27. The lowest BCUT2D eigenvalue weighted by molar-refractivity contribution is -0.124. The number of H-pyrrole nitrogens is 1. The van der Waals surface area contributed by atoms with E-state index in [1.165, 1.54) is 25.7 Å². The fourth-order valence-electron chi connectivity index (χ4n) is 3.73. The molecule has 0 radical (unpaired) electrons. The summed E-state index contributed by atoms with van der Waals surface area (Å²) in [5, 5.41) is 7.57. The molecule has 4 aliphatic rings. The van der Waals surface area contributed by atoms with Crippen molar-refractivity contribution >= 4 is 5.91 Å². The van der Waals surface area contributed by atoms with Gasteiger partial charge in [0, 0.05) is 30.8 Å². The van der Waals surface area contributed by atoms with Gasteiger partial charge in [-0.15, -0.1) is 0 Å². The second-order valence-corrected chi connectivity index (χ2v) is 7.71. The highest BCUT2D eigenvalue weighted by atomic mass is 16.2. The molecule has 0 unspecified atom stereocenters. The highest BCUT2D eigenvalue weighted by molar-refractivity contribution is 5.93. The summed E-state index contributed by atoms with van der Waals surface area (Å²) < 4.78 is 0. The number of carbonyl (C=O) groups is 1. The van der Waals surface area contributed by atoms with Crippen molar-refractivity contribution in [3.8, 4) is 11.8 Å². The summed E-state index contributed by atoms with van der Waals surface area (Å²) in [6.45, 7) is 1.59. The number of aromatic amines is 1. The van der Waals surface area contributed by atoms with E-state index >= 15 is 0 Å². The van der Waals surface area contributed by atoms with E-state index in [2.05, 4.69) is 22.0 Å². The summed E-state index contributed by atoms with van der Waals surface area (Å²) >= 11 is 0. The topological polar surface area (TPSA) is 61.9 Å². The largest absolute Gasteiger partial charge is 0.331 e. The Kier molecular flexibility index (Phi) is 3.01. The minimum Gasteiger partial charge on any atom is -0.331 e. The van der Waals surface area contributed by atoms with Crippen molar-refractivity contribution in [3.05, 3.63) is 11.6 Å². The Morgan fingerprint density at radius 2 is 1.96 bits per heavy atom. The van der Waals surface area contributed by atoms with E-state index in [0.29, 0.717) is 23.7 Å². The first-order valence-electron chi connectivity index (χ1n) is 9.00. The SMILES string of the molecule is O=C(C#CC1CC1)N1C[C@H](c2nc(C3CC3)n[nH]2)[C@@H](C2CC2)C1. The summed E-state index contributed by atoms with van der Waals surface area (Å²) in [6, 6.07) is 0. The van der Waals surface area contributed by atoms with Crippen LogP contribution in [0.25, 0.3) is 0 Å². The fourth-order valence-corrected chi connectivity index (χ4v) is 3.73. The average Bonchev–Trinajstić information content (AvgIpc) is 3.43. The first-order valence-corrected chi connectivity index (χ1v) is 9.00. The normalized spacial score (nSPS) is 30.2. The number of nitrogens with zero attached hydrogens (tertiary/aromatic N) is 3. The second kappa shape index (κ2) is 5.09. The second-order valence-electron chi connectivity index (χ2n) is 7.71. The molecule has 1 N–H and O–H groups in total. The Balaban J connectivity index is 1.34. The van der Waals surface area contributed by atoms with E-state index in [9.17, 15) is 4.79 Å². The lowest BCUT2D eigenvalue weighted by atomic mass is 9.91. The Labute approximate surface area is 136 Å². The number of hydrogen-bond acceptors (Lipinski definition) is 3. The van der Waals surface area contributed by atoms with Crippen molar-refractivity contribution < 1.29 is 4.79 Å². The fraction of sp³-hybridized carbons (Fsp3) is 0.722. The van der Waals surface area contributed by atoms with Crippen LogP contribution < -0.4 is 0 Å². The Hall–Kier alpha value is -1.83. The molecule has 1 aromatic heterocycles. The standard InChI is InChI=1S/C18H22N4O/c23-16(8-3-11-1-2-11)22-9-14(12-4-5-12)15(10-22)18-19-17(20-21-18)13-6-7-13/h11-15H,1-2,4-7,9-10H2,(H,19,20,21)/t14-,15+/m1/s1. The predicted molar refractivity (Wildman–Crippen MR) is 84.4 cm³/mol. The van der Waals surface area contributed by atoms with Gasteiger partial charge in [0.1, 0.15) is 5.82 Å². The molecule has 0 spiro atoms. The number of rotatable bonds is 3. The zero-order chi connectivity index (χ0) is 15.4. The monoisotopic (exact) mass is 310 g/mol. The number of carbonyl (C=O) groups excluding carboxylic acids is 1. The number of nitrogens with one attached hydrogen (secondary N) is 1. The molecule has 120 valence electrons. The van der Waals surface area contributed by atoms with Gasteiger partial charge in [-0.2, -0.15) is 5.10 Å². The van der Waals surface area contributed by atoms with Gasteiger partial charge < -0.3 is 4.90 Å². The Morgan fingerprint density at radius 3 is 2.65 bits per heavy atom. The molecule has 23 heavy (non-hydrogen) atoms. The molecule has 1 aromatic rings. The molecule has 1 aliphatic heterocycles. The van der Waals surface area contributed by atoms with Crippen LogP contribution in [0, 0.1) is 29.6 Å². The zero-order valence-electron chi connectivity index (χ0n) is 13.3. The molecule has 0 aromatic carbocycles. The minimum atomic E-state index is 0.00646. The molecule has 2 atom stereocenters. The van der Waals surface area contributed by atoms with Gasteiger partial charge >= 0.3 is 0 Å². The van der Waals surface area contributed by atoms with Crippen LogP contribution in [0.1, 0.15) is 62.0 Å². The average molecular weight is 310 g/mol. The van der Waals surface area contributed by atoms with Gasteiger partial charge in [0.2, 0.25) is 0 Å².